The molecule has 3 fully saturated rings. The maximum absolute atomic E-state index is 17.0. The normalized spacial score (nSPS) is 22.2. The summed E-state index contributed by atoms with van der Waals surface area (Å²) >= 11 is 6.60. The van der Waals surface area contributed by atoms with E-state index in [1.54, 1.807) is 42.4 Å². The minimum atomic E-state index is -0.682. The highest BCUT2D eigenvalue weighted by molar-refractivity contribution is 6.36. The van der Waals surface area contributed by atoms with Crippen LogP contribution in [0, 0.1) is 17.1 Å². The Balaban J connectivity index is 1.35. The van der Waals surface area contributed by atoms with Crippen molar-refractivity contribution in [1.29, 1.82) is 5.26 Å². The number of likely N-dealkylation sites (N-methyl/N-ethyl adjacent to an activating group) is 1. The van der Waals surface area contributed by atoms with Crippen LogP contribution >= 0.6 is 11.6 Å². The van der Waals surface area contributed by atoms with E-state index in [0.717, 1.165) is 38.8 Å². The lowest BCUT2D eigenvalue weighted by Gasteiger charge is -2.47. The number of amides is 1. The van der Waals surface area contributed by atoms with Crippen molar-refractivity contribution in [2.24, 2.45) is 0 Å². The van der Waals surface area contributed by atoms with Crippen molar-refractivity contribution in [1.82, 2.24) is 20.2 Å². The number of ether oxygens (including phenoxy) is 1. The number of rotatable bonds is 5. The number of carbonyl (C=O) groups is 1. The van der Waals surface area contributed by atoms with E-state index in [1.165, 1.54) is 6.07 Å². The summed E-state index contributed by atoms with van der Waals surface area (Å²) in [7, 11) is 1.70. The number of hydrogen-bond donors (Lipinski definition) is 2. The van der Waals surface area contributed by atoms with Crippen molar-refractivity contribution >= 4 is 50.6 Å². The molecule has 4 aromatic rings. The molecule has 4 aliphatic rings. The number of benzene rings is 2. The summed E-state index contributed by atoms with van der Waals surface area (Å²) in [5, 5.41) is 25.4. The van der Waals surface area contributed by atoms with Crippen LogP contribution in [0.25, 0.3) is 32.9 Å². The predicted molar refractivity (Wildman–Crippen MR) is 174 cm³/mol. The topological polar surface area (TPSA) is 118 Å². The van der Waals surface area contributed by atoms with Gasteiger partial charge in [0.05, 0.1) is 23.7 Å². The van der Waals surface area contributed by atoms with Gasteiger partial charge in [0.25, 0.3) is 5.91 Å². The monoisotopic (exact) mass is 641 g/mol. The van der Waals surface area contributed by atoms with Crippen LogP contribution in [-0.4, -0.2) is 83.3 Å². The number of pyridine rings is 2. The van der Waals surface area contributed by atoms with Gasteiger partial charge in [-0.2, -0.15) is 5.26 Å². The highest BCUT2D eigenvalue weighted by Gasteiger charge is 2.47. The first kappa shape index (κ1) is 29.2. The molecule has 236 valence electrons. The smallest absolute Gasteiger partial charge is 0.250 e. The number of aromatic hydroxyl groups is 1. The predicted octanol–water partition coefficient (Wildman–Crippen LogP) is 4.99. The van der Waals surface area contributed by atoms with E-state index < -0.39 is 11.9 Å². The molecule has 4 aliphatic heterocycles. The third kappa shape index (κ3) is 4.38. The van der Waals surface area contributed by atoms with Gasteiger partial charge in [0.2, 0.25) is 5.88 Å². The van der Waals surface area contributed by atoms with Crippen molar-refractivity contribution in [3.05, 3.63) is 47.4 Å². The zero-order valence-electron chi connectivity index (χ0n) is 25.4. The van der Waals surface area contributed by atoms with Crippen molar-refractivity contribution in [2.75, 3.05) is 49.6 Å². The summed E-state index contributed by atoms with van der Waals surface area (Å²) < 4.78 is 23.6. The van der Waals surface area contributed by atoms with E-state index in [1.807, 2.05) is 4.90 Å². The molecule has 10 nitrogen and oxygen atoms in total. The van der Waals surface area contributed by atoms with Crippen LogP contribution in [-0.2, 0) is 4.79 Å². The largest absolute Gasteiger partial charge is 0.508 e. The lowest BCUT2D eigenvalue weighted by molar-refractivity contribution is -0.120. The third-order valence-electron chi connectivity index (χ3n) is 10.3. The van der Waals surface area contributed by atoms with Crippen LogP contribution in [0.1, 0.15) is 32.1 Å². The first-order valence-electron chi connectivity index (χ1n) is 15.8. The molecule has 1 amide bonds. The summed E-state index contributed by atoms with van der Waals surface area (Å²) in [6.07, 6.45) is 6.06. The molecule has 8 rings (SSSR count). The van der Waals surface area contributed by atoms with Gasteiger partial charge in [0.15, 0.2) is 5.82 Å². The molecular formula is C34H33ClFN7O3. The number of fused-ring (bicyclic) bond motifs is 7. The summed E-state index contributed by atoms with van der Waals surface area (Å²) in [5.41, 5.74) is 1.37. The molecule has 12 heteroatoms. The summed E-state index contributed by atoms with van der Waals surface area (Å²) in [5.74, 6) is -0.667. The second-order valence-electron chi connectivity index (χ2n) is 12.9. The van der Waals surface area contributed by atoms with E-state index in [4.69, 9.17) is 21.3 Å². The number of nitrogens with one attached hydrogen (secondary N) is 1. The number of carbonyl (C=O) groups excluding carboxylic acids is 1. The number of piperazine rings is 1. The number of anilines is 2. The molecule has 2 aromatic carbocycles. The second kappa shape index (κ2) is 10.9. The van der Waals surface area contributed by atoms with Crippen LogP contribution in [0.2, 0.25) is 5.02 Å². The van der Waals surface area contributed by atoms with Gasteiger partial charge in [-0.15, -0.1) is 0 Å². The average molecular weight is 642 g/mol. The fourth-order valence-corrected chi connectivity index (χ4v) is 8.39. The second-order valence-corrected chi connectivity index (χ2v) is 13.3. The molecule has 0 spiro atoms. The number of hydrogen-bond acceptors (Lipinski definition) is 9. The maximum atomic E-state index is 17.0. The Bertz CT molecular complexity index is 1960. The van der Waals surface area contributed by atoms with Crippen LogP contribution in [0.5, 0.6) is 11.6 Å². The lowest BCUT2D eigenvalue weighted by atomic mass is 9.95. The Morgan fingerprint density at radius 3 is 2.83 bits per heavy atom. The van der Waals surface area contributed by atoms with Gasteiger partial charge in [-0.3, -0.25) is 14.7 Å². The molecule has 2 atom stereocenters. The van der Waals surface area contributed by atoms with Crippen molar-refractivity contribution in [2.45, 2.75) is 49.7 Å². The Morgan fingerprint density at radius 2 is 2.04 bits per heavy atom. The Hall–Kier alpha value is -4.24. The standard InChI is InChI=1S/C34H33ClFN7O3/c1-41-31-30(43-17-20(7-10-37)38-16-25(43)33(41)45)23-15-39-28(22-14-21(44)13-19-5-2-6-24(35)26(19)22)27(36)29(23)40-32(31)46-18-34-8-3-11-42(34)12-4-9-34/h2,5-6,13-15,20,25,38,44H,3-4,7-9,11-12,16-18H2,1H3. The van der Waals surface area contributed by atoms with Gasteiger partial charge in [-0.05, 0) is 62.4 Å². The molecule has 2 aromatic heterocycles. The van der Waals surface area contributed by atoms with E-state index in [-0.39, 0.29) is 46.7 Å². The van der Waals surface area contributed by atoms with E-state index in [0.29, 0.717) is 57.8 Å². The molecule has 6 heterocycles. The van der Waals surface area contributed by atoms with Crippen LogP contribution in [0.15, 0.2) is 36.5 Å². The van der Waals surface area contributed by atoms with Gasteiger partial charge in [0, 0.05) is 53.7 Å². The van der Waals surface area contributed by atoms with Crippen molar-refractivity contribution in [3.8, 4) is 29.0 Å². The zero-order valence-corrected chi connectivity index (χ0v) is 26.1. The molecule has 0 bridgehead atoms. The quantitative estimate of drug-likeness (QED) is 0.311. The van der Waals surface area contributed by atoms with Crippen LogP contribution in [0.4, 0.5) is 15.8 Å². The van der Waals surface area contributed by atoms with Crippen LogP contribution < -0.4 is 19.9 Å². The van der Waals surface area contributed by atoms with Gasteiger partial charge in [0.1, 0.15) is 35.3 Å². The molecular weight excluding hydrogens is 609 g/mol. The molecule has 2 unspecified atom stereocenters. The number of halogens is 2. The SMILES string of the molecule is CN1C(=O)C2CNC(CC#N)CN2c2c1c(OCC13CCCN1CCC3)nc1c(F)c(-c3cc(O)cc4cccc(Cl)c34)ncc21. The first-order valence-corrected chi connectivity index (χ1v) is 16.1. The number of phenolic OH excluding ortho intramolecular Hbond substituents is 1. The number of nitriles is 1. The van der Waals surface area contributed by atoms with E-state index in [2.05, 4.69) is 21.3 Å². The fraction of sp³-hybridized carbons (Fsp3) is 0.412. The average Bonchev–Trinajstić information content (AvgIpc) is 3.63. The van der Waals surface area contributed by atoms with E-state index >= 15 is 4.39 Å². The molecule has 2 N–H and O–H groups in total. The van der Waals surface area contributed by atoms with E-state index in [9.17, 15) is 15.2 Å². The third-order valence-corrected chi connectivity index (χ3v) is 10.6. The lowest BCUT2D eigenvalue weighted by Crippen LogP contribution is -2.64. The molecule has 0 aliphatic carbocycles. The summed E-state index contributed by atoms with van der Waals surface area (Å²) in [6, 6.07) is 9.81. The minimum Gasteiger partial charge on any atom is -0.508 e. The Labute approximate surface area is 270 Å². The number of aromatic nitrogens is 2. The zero-order chi connectivity index (χ0) is 31.7. The maximum Gasteiger partial charge on any atom is 0.250 e. The fourth-order valence-electron chi connectivity index (χ4n) is 8.11. The van der Waals surface area contributed by atoms with Gasteiger partial charge in [-0.25, -0.2) is 9.37 Å². The Morgan fingerprint density at radius 1 is 1.24 bits per heavy atom. The molecule has 0 radical (unpaired) electrons. The Kier molecular flexibility index (Phi) is 6.94. The van der Waals surface area contributed by atoms with Gasteiger partial charge in [-0.1, -0.05) is 23.7 Å². The molecule has 46 heavy (non-hydrogen) atoms. The highest BCUT2D eigenvalue weighted by atomic mass is 35.5. The molecule has 0 saturated carbocycles. The first-order chi connectivity index (χ1) is 22.3. The van der Waals surface area contributed by atoms with Crippen LogP contribution in [0.3, 0.4) is 0 Å². The van der Waals surface area contributed by atoms with Crippen molar-refractivity contribution < 1.29 is 19.0 Å². The number of nitrogens with zero attached hydrogens (tertiary/aromatic N) is 6. The molecule has 3 saturated heterocycles. The van der Waals surface area contributed by atoms with Gasteiger partial charge < -0.3 is 25.0 Å². The highest BCUT2D eigenvalue weighted by Crippen LogP contribution is 2.49. The van der Waals surface area contributed by atoms with Gasteiger partial charge >= 0.3 is 0 Å². The number of phenols is 1. The summed E-state index contributed by atoms with van der Waals surface area (Å²) in [4.78, 5) is 29.2. The summed E-state index contributed by atoms with van der Waals surface area (Å²) in [6.45, 7) is 3.15. The van der Waals surface area contributed by atoms with Crippen molar-refractivity contribution in [3.63, 3.8) is 0 Å². The minimum absolute atomic E-state index is 0.00397.